The van der Waals surface area contributed by atoms with Crippen LogP contribution in [0.3, 0.4) is 0 Å². The number of anilines is 1. The molecule has 0 aliphatic carbocycles. The molecule has 0 aromatic heterocycles. The maximum atomic E-state index is 12.5. The molecule has 0 amide bonds. The van der Waals surface area contributed by atoms with E-state index in [-0.39, 0.29) is 5.78 Å². The Balaban J connectivity index is 1.68. The van der Waals surface area contributed by atoms with Crippen LogP contribution in [-0.4, -0.2) is 5.78 Å². The number of ketones is 1. The van der Waals surface area contributed by atoms with Crippen molar-refractivity contribution in [2.24, 2.45) is 0 Å². The highest BCUT2D eigenvalue weighted by atomic mass is 16.1. The maximum Gasteiger partial charge on any atom is 0.193 e. The SMILES string of the molecule is Cc1cccc(C(=O)c2ccc(NCc3ccccc3)cc2)c1. The standard InChI is InChI=1S/C21H19NO/c1-16-6-5-9-19(14-16)21(23)18-10-12-20(13-11-18)22-15-17-7-3-2-4-8-17/h2-14,22H,15H2,1H3. The highest BCUT2D eigenvalue weighted by Gasteiger charge is 2.08. The van der Waals surface area contributed by atoms with Gasteiger partial charge in [0.15, 0.2) is 5.78 Å². The molecule has 0 radical (unpaired) electrons. The second-order valence-corrected chi connectivity index (χ2v) is 5.62. The molecule has 3 aromatic carbocycles. The molecule has 23 heavy (non-hydrogen) atoms. The van der Waals surface area contributed by atoms with E-state index in [1.165, 1.54) is 5.56 Å². The van der Waals surface area contributed by atoms with Crippen molar-refractivity contribution in [3.05, 3.63) is 101 Å². The summed E-state index contributed by atoms with van der Waals surface area (Å²) >= 11 is 0. The number of carbonyl (C=O) groups excluding carboxylic acids is 1. The second kappa shape index (κ2) is 6.93. The second-order valence-electron chi connectivity index (χ2n) is 5.62. The quantitative estimate of drug-likeness (QED) is 0.683. The molecule has 1 N–H and O–H groups in total. The van der Waals surface area contributed by atoms with Crippen LogP contribution in [0.2, 0.25) is 0 Å². The summed E-state index contributed by atoms with van der Waals surface area (Å²) in [5, 5.41) is 3.36. The fourth-order valence-electron chi connectivity index (χ4n) is 2.49. The smallest absolute Gasteiger partial charge is 0.193 e. The summed E-state index contributed by atoms with van der Waals surface area (Å²) in [4.78, 5) is 12.5. The molecule has 0 fully saturated rings. The lowest BCUT2D eigenvalue weighted by Crippen LogP contribution is -2.03. The fourth-order valence-corrected chi connectivity index (χ4v) is 2.49. The Morgan fingerprint density at radius 1 is 0.826 bits per heavy atom. The zero-order valence-corrected chi connectivity index (χ0v) is 13.1. The first-order valence-electron chi connectivity index (χ1n) is 7.71. The van der Waals surface area contributed by atoms with E-state index in [0.717, 1.165) is 23.4 Å². The molecule has 3 rings (SSSR count). The number of rotatable bonds is 5. The van der Waals surface area contributed by atoms with E-state index in [9.17, 15) is 4.79 Å². The van der Waals surface area contributed by atoms with Gasteiger partial charge in [-0.2, -0.15) is 0 Å². The largest absolute Gasteiger partial charge is 0.381 e. The normalized spacial score (nSPS) is 10.3. The van der Waals surface area contributed by atoms with Gasteiger partial charge in [0.25, 0.3) is 0 Å². The Bertz CT molecular complexity index is 792. The monoisotopic (exact) mass is 301 g/mol. The van der Waals surface area contributed by atoms with Crippen molar-refractivity contribution >= 4 is 11.5 Å². The number of hydrogen-bond acceptors (Lipinski definition) is 2. The van der Waals surface area contributed by atoms with Gasteiger partial charge in [-0.25, -0.2) is 0 Å². The van der Waals surface area contributed by atoms with Gasteiger partial charge in [-0.3, -0.25) is 4.79 Å². The maximum absolute atomic E-state index is 12.5. The van der Waals surface area contributed by atoms with Gasteiger partial charge in [0.2, 0.25) is 0 Å². The minimum Gasteiger partial charge on any atom is -0.381 e. The van der Waals surface area contributed by atoms with Crippen LogP contribution in [0.15, 0.2) is 78.9 Å². The number of carbonyl (C=O) groups is 1. The van der Waals surface area contributed by atoms with E-state index >= 15 is 0 Å². The molecule has 0 heterocycles. The van der Waals surface area contributed by atoms with Crippen LogP contribution in [0, 0.1) is 6.92 Å². The van der Waals surface area contributed by atoms with E-state index < -0.39 is 0 Å². The number of aryl methyl sites for hydroxylation is 1. The highest BCUT2D eigenvalue weighted by Crippen LogP contribution is 2.15. The molecule has 2 nitrogen and oxygen atoms in total. The molecule has 0 saturated heterocycles. The first kappa shape index (κ1) is 15.0. The minimum atomic E-state index is 0.0586. The summed E-state index contributed by atoms with van der Waals surface area (Å²) in [6.45, 7) is 2.76. The predicted octanol–water partition coefficient (Wildman–Crippen LogP) is 4.84. The van der Waals surface area contributed by atoms with Crippen LogP contribution < -0.4 is 5.32 Å². The van der Waals surface area contributed by atoms with Crippen LogP contribution in [0.1, 0.15) is 27.0 Å². The topological polar surface area (TPSA) is 29.1 Å². The van der Waals surface area contributed by atoms with Crippen molar-refractivity contribution < 1.29 is 4.79 Å². The summed E-state index contributed by atoms with van der Waals surface area (Å²) in [5.74, 6) is 0.0586. The van der Waals surface area contributed by atoms with Crippen LogP contribution in [-0.2, 0) is 6.54 Å². The van der Waals surface area contributed by atoms with Gasteiger partial charge >= 0.3 is 0 Å². The first-order valence-corrected chi connectivity index (χ1v) is 7.71. The number of benzene rings is 3. The lowest BCUT2D eigenvalue weighted by atomic mass is 10.0. The molecular formula is C21H19NO. The van der Waals surface area contributed by atoms with E-state index in [0.29, 0.717) is 5.56 Å². The minimum absolute atomic E-state index is 0.0586. The van der Waals surface area contributed by atoms with Crippen molar-refractivity contribution in [3.8, 4) is 0 Å². The molecule has 0 unspecified atom stereocenters. The van der Waals surface area contributed by atoms with Crippen LogP contribution >= 0.6 is 0 Å². The van der Waals surface area contributed by atoms with Crippen LogP contribution in [0.5, 0.6) is 0 Å². The van der Waals surface area contributed by atoms with Crippen molar-refractivity contribution in [1.82, 2.24) is 0 Å². The van der Waals surface area contributed by atoms with Gasteiger partial charge in [-0.1, -0.05) is 54.1 Å². The summed E-state index contributed by atoms with van der Waals surface area (Å²) in [5.41, 5.74) is 4.77. The molecule has 0 spiro atoms. The van der Waals surface area contributed by atoms with Crippen molar-refractivity contribution in [2.45, 2.75) is 13.5 Å². The zero-order valence-electron chi connectivity index (χ0n) is 13.1. The van der Waals surface area contributed by atoms with E-state index in [2.05, 4.69) is 17.4 Å². The van der Waals surface area contributed by atoms with Gasteiger partial charge in [-0.15, -0.1) is 0 Å². The van der Waals surface area contributed by atoms with E-state index in [1.807, 2.05) is 73.7 Å². The molecule has 0 aliphatic heterocycles. The third-order valence-corrected chi connectivity index (χ3v) is 3.77. The molecular weight excluding hydrogens is 282 g/mol. The number of nitrogens with one attached hydrogen (secondary N) is 1. The van der Waals surface area contributed by atoms with E-state index in [1.54, 1.807) is 0 Å². The molecule has 2 heteroatoms. The Labute approximate surface area is 136 Å². The van der Waals surface area contributed by atoms with Gasteiger partial charge in [0, 0.05) is 23.4 Å². The highest BCUT2D eigenvalue weighted by molar-refractivity contribution is 6.09. The van der Waals surface area contributed by atoms with Crippen molar-refractivity contribution in [3.63, 3.8) is 0 Å². The lowest BCUT2D eigenvalue weighted by Gasteiger charge is -2.08. The molecule has 0 saturated carbocycles. The number of hydrogen-bond donors (Lipinski definition) is 1. The summed E-state index contributed by atoms with van der Waals surface area (Å²) in [6.07, 6.45) is 0. The van der Waals surface area contributed by atoms with Crippen molar-refractivity contribution in [2.75, 3.05) is 5.32 Å². The first-order chi connectivity index (χ1) is 11.2. The summed E-state index contributed by atoms with van der Waals surface area (Å²) < 4.78 is 0. The van der Waals surface area contributed by atoms with Crippen LogP contribution in [0.4, 0.5) is 5.69 Å². The van der Waals surface area contributed by atoms with Gasteiger partial charge in [-0.05, 0) is 42.8 Å². The average molecular weight is 301 g/mol. The Morgan fingerprint density at radius 3 is 2.26 bits per heavy atom. The Hall–Kier alpha value is -2.87. The van der Waals surface area contributed by atoms with Gasteiger partial charge in [0.05, 0.1) is 0 Å². The molecule has 0 atom stereocenters. The van der Waals surface area contributed by atoms with Gasteiger partial charge in [0.1, 0.15) is 0 Å². The predicted molar refractivity (Wildman–Crippen MR) is 94.8 cm³/mol. The fraction of sp³-hybridized carbons (Fsp3) is 0.0952. The Morgan fingerprint density at radius 2 is 1.57 bits per heavy atom. The third kappa shape index (κ3) is 3.86. The van der Waals surface area contributed by atoms with Gasteiger partial charge < -0.3 is 5.32 Å². The third-order valence-electron chi connectivity index (χ3n) is 3.77. The average Bonchev–Trinajstić information content (AvgIpc) is 2.61. The summed E-state index contributed by atoms with van der Waals surface area (Å²) in [6, 6.07) is 25.6. The Kier molecular flexibility index (Phi) is 4.53. The lowest BCUT2D eigenvalue weighted by molar-refractivity contribution is 0.103. The summed E-state index contributed by atoms with van der Waals surface area (Å²) in [7, 11) is 0. The van der Waals surface area contributed by atoms with E-state index in [4.69, 9.17) is 0 Å². The molecule has 3 aromatic rings. The molecule has 0 bridgehead atoms. The molecule has 0 aliphatic rings. The zero-order chi connectivity index (χ0) is 16.1. The van der Waals surface area contributed by atoms with Crippen molar-refractivity contribution in [1.29, 1.82) is 0 Å². The molecule has 114 valence electrons. The van der Waals surface area contributed by atoms with Crippen LogP contribution in [0.25, 0.3) is 0 Å².